The second-order valence-corrected chi connectivity index (χ2v) is 7.20. The van der Waals surface area contributed by atoms with Crippen LogP contribution in [0.15, 0.2) is 52.2 Å². The van der Waals surface area contributed by atoms with Gasteiger partial charge >= 0.3 is 0 Å². The van der Waals surface area contributed by atoms with E-state index >= 15 is 0 Å². The van der Waals surface area contributed by atoms with Gasteiger partial charge in [0, 0.05) is 25.7 Å². The van der Waals surface area contributed by atoms with Crippen molar-refractivity contribution in [3.63, 3.8) is 0 Å². The van der Waals surface area contributed by atoms with E-state index in [-0.39, 0.29) is 23.7 Å². The van der Waals surface area contributed by atoms with Crippen molar-refractivity contribution in [1.82, 2.24) is 25.3 Å². The molecule has 2 heterocycles. The SMILES string of the molecule is CN(C)c1ccc(/C=N\NC(=O)Cn2c(-c3nonc3N)nc3ccccc32)cc1[N+](=O)[O-]. The fourth-order valence-corrected chi connectivity index (χ4v) is 3.27. The maximum Gasteiger partial charge on any atom is 0.293 e. The van der Waals surface area contributed by atoms with Gasteiger partial charge in [-0.3, -0.25) is 14.9 Å². The van der Waals surface area contributed by atoms with Crippen molar-refractivity contribution in [2.24, 2.45) is 5.10 Å². The third kappa shape index (κ3) is 4.32. The number of nitro groups is 1. The number of nitrogens with two attached hydrogens (primary N) is 1. The molecule has 33 heavy (non-hydrogen) atoms. The number of carbonyl (C=O) groups is 1. The smallest absolute Gasteiger partial charge is 0.293 e. The molecule has 0 aliphatic carbocycles. The number of hydrogen-bond acceptors (Lipinski definition) is 10. The van der Waals surface area contributed by atoms with Gasteiger partial charge in [-0.25, -0.2) is 15.0 Å². The first-order valence-corrected chi connectivity index (χ1v) is 9.66. The molecular weight excluding hydrogens is 430 g/mol. The summed E-state index contributed by atoms with van der Waals surface area (Å²) in [7, 11) is 3.43. The molecule has 0 saturated carbocycles. The van der Waals surface area contributed by atoms with Crippen LogP contribution in [0.25, 0.3) is 22.6 Å². The Morgan fingerprint density at radius 3 is 2.79 bits per heavy atom. The maximum atomic E-state index is 12.6. The Morgan fingerprint density at radius 1 is 1.30 bits per heavy atom. The Bertz CT molecular complexity index is 1370. The molecule has 2 aromatic carbocycles. The number of carbonyl (C=O) groups excluding carboxylic acids is 1. The number of nitrogens with zero attached hydrogens (tertiary/aromatic N) is 7. The summed E-state index contributed by atoms with van der Waals surface area (Å²) in [6.07, 6.45) is 1.33. The molecule has 0 radical (unpaired) electrons. The van der Waals surface area contributed by atoms with Crippen LogP contribution in [0.5, 0.6) is 0 Å². The lowest BCUT2D eigenvalue weighted by molar-refractivity contribution is -0.384. The van der Waals surface area contributed by atoms with Crippen molar-refractivity contribution in [2.45, 2.75) is 6.54 Å². The molecule has 0 aliphatic rings. The van der Waals surface area contributed by atoms with E-state index in [4.69, 9.17) is 5.73 Å². The van der Waals surface area contributed by atoms with E-state index < -0.39 is 10.8 Å². The molecule has 168 valence electrons. The zero-order valence-corrected chi connectivity index (χ0v) is 17.7. The van der Waals surface area contributed by atoms with Crippen LogP contribution in [-0.4, -0.2) is 51.0 Å². The van der Waals surface area contributed by atoms with E-state index in [0.717, 1.165) is 0 Å². The maximum absolute atomic E-state index is 12.6. The number of nitro benzene ring substituents is 1. The zero-order chi connectivity index (χ0) is 23.5. The number of nitrogens with one attached hydrogen (secondary N) is 1. The highest BCUT2D eigenvalue weighted by Gasteiger charge is 2.20. The van der Waals surface area contributed by atoms with E-state index in [2.05, 4.69) is 30.5 Å². The predicted octanol–water partition coefficient (Wildman–Crippen LogP) is 1.79. The fourth-order valence-electron chi connectivity index (χ4n) is 3.27. The number of benzene rings is 2. The van der Waals surface area contributed by atoms with Crippen molar-refractivity contribution in [2.75, 3.05) is 24.7 Å². The summed E-state index contributed by atoms with van der Waals surface area (Å²) < 4.78 is 6.28. The number of amides is 1. The normalized spacial score (nSPS) is 11.2. The number of nitrogen functional groups attached to an aromatic ring is 1. The summed E-state index contributed by atoms with van der Waals surface area (Å²) in [5, 5.41) is 22.6. The average Bonchev–Trinajstić information content (AvgIpc) is 3.36. The van der Waals surface area contributed by atoms with Crippen LogP contribution in [0.1, 0.15) is 5.56 Å². The molecular formula is C20H19N9O4. The molecule has 13 heteroatoms. The lowest BCUT2D eigenvalue weighted by atomic mass is 10.2. The van der Waals surface area contributed by atoms with Crippen molar-refractivity contribution >= 4 is 40.3 Å². The van der Waals surface area contributed by atoms with Gasteiger partial charge in [0.25, 0.3) is 11.6 Å². The minimum absolute atomic E-state index is 0.0488. The Morgan fingerprint density at radius 2 is 2.09 bits per heavy atom. The Balaban J connectivity index is 1.55. The quantitative estimate of drug-likeness (QED) is 0.242. The molecule has 1 amide bonds. The van der Waals surface area contributed by atoms with Crippen molar-refractivity contribution < 1.29 is 14.3 Å². The summed E-state index contributed by atoms with van der Waals surface area (Å²) in [5.41, 5.74) is 10.6. The highest BCUT2D eigenvalue weighted by Crippen LogP contribution is 2.28. The van der Waals surface area contributed by atoms with Gasteiger partial charge in [0.2, 0.25) is 0 Å². The Kier molecular flexibility index (Phi) is 5.67. The molecule has 0 bridgehead atoms. The summed E-state index contributed by atoms with van der Waals surface area (Å²) >= 11 is 0. The highest BCUT2D eigenvalue weighted by atomic mass is 16.6. The molecule has 0 fully saturated rings. The minimum atomic E-state index is -0.471. The van der Waals surface area contributed by atoms with E-state index in [1.54, 1.807) is 47.8 Å². The largest absolute Gasteiger partial charge is 0.379 e. The first-order valence-electron chi connectivity index (χ1n) is 9.66. The predicted molar refractivity (Wildman–Crippen MR) is 121 cm³/mol. The summed E-state index contributed by atoms with van der Waals surface area (Å²) in [6.45, 7) is -0.140. The van der Waals surface area contributed by atoms with Crippen molar-refractivity contribution in [1.29, 1.82) is 0 Å². The monoisotopic (exact) mass is 449 g/mol. The van der Waals surface area contributed by atoms with Gasteiger partial charge in [-0.05, 0) is 28.5 Å². The Labute approximate surface area is 186 Å². The molecule has 13 nitrogen and oxygen atoms in total. The second-order valence-electron chi connectivity index (χ2n) is 7.20. The molecule has 2 aromatic heterocycles. The highest BCUT2D eigenvalue weighted by molar-refractivity contribution is 5.87. The number of anilines is 2. The summed E-state index contributed by atoms with van der Waals surface area (Å²) in [5.74, 6) is -0.0816. The van der Waals surface area contributed by atoms with Crippen LogP contribution in [0.4, 0.5) is 17.2 Å². The standard InChI is InChI=1S/C20H19N9O4/c1-27(2)15-8-7-12(9-16(15)29(31)32)10-22-24-17(30)11-28-14-6-4-3-5-13(14)23-20(28)18-19(21)26-33-25-18/h3-10H,11H2,1-2H3,(H2,21,26)(H,24,30)/b22-10-. The number of hydrogen-bond donors (Lipinski definition) is 2. The van der Waals surface area contributed by atoms with Gasteiger partial charge in [-0.1, -0.05) is 18.2 Å². The van der Waals surface area contributed by atoms with Crippen LogP contribution >= 0.6 is 0 Å². The molecule has 4 rings (SSSR count). The Hall–Kier alpha value is -4.81. The van der Waals surface area contributed by atoms with E-state index in [1.165, 1.54) is 12.3 Å². The van der Waals surface area contributed by atoms with Gasteiger partial charge < -0.3 is 15.2 Å². The molecule has 0 atom stereocenters. The lowest BCUT2D eigenvalue weighted by Crippen LogP contribution is -2.23. The average molecular weight is 449 g/mol. The number of hydrazone groups is 1. The number of rotatable bonds is 7. The first-order chi connectivity index (χ1) is 15.8. The van der Waals surface area contributed by atoms with Gasteiger partial charge in [0.1, 0.15) is 12.2 Å². The number of fused-ring (bicyclic) bond motifs is 1. The summed E-state index contributed by atoms with van der Waals surface area (Å²) in [4.78, 5) is 29.6. The number of imidazole rings is 1. The number of para-hydroxylation sites is 2. The number of aromatic nitrogens is 4. The first kappa shape index (κ1) is 21.4. The van der Waals surface area contributed by atoms with Crippen LogP contribution in [0, 0.1) is 10.1 Å². The molecule has 3 N–H and O–H groups in total. The van der Waals surface area contributed by atoms with Gasteiger partial charge in [0.05, 0.1) is 22.2 Å². The van der Waals surface area contributed by atoms with Gasteiger partial charge in [-0.2, -0.15) is 5.10 Å². The molecule has 0 aliphatic heterocycles. The van der Waals surface area contributed by atoms with Gasteiger partial charge in [0.15, 0.2) is 17.3 Å². The van der Waals surface area contributed by atoms with Gasteiger partial charge in [-0.15, -0.1) is 0 Å². The third-order valence-corrected chi connectivity index (χ3v) is 4.76. The minimum Gasteiger partial charge on any atom is -0.379 e. The van der Waals surface area contributed by atoms with Crippen LogP contribution < -0.4 is 16.1 Å². The third-order valence-electron chi connectivity index (χ3n) is 4.76. The van der Waals surface area contributed by atoms with E-state index in [1.807, 2.05) is 12.1 Å². The van der Waals surface area contributed by atoms with E-state index in [9.17, 15) is 14.9 Å². The van der Waals surface area contributed by atoms with Crippen molar-refractivity contribution in [3.05, 3.63) is 58.1 Å². The topological polar surface area (TPSA) is 171 Å². The zero-order valence-electron chi connectivity index (χ0n) is 17.7. The van der Waals surface area contributed by atoms with Crippen LogP contribution in [-0.2, 0) is 11.3 Å². The lowest BCUT2D eigenvalue weighted by Gasteiger charge is -2.12. The second kappa shape index (κ2) is 8.74. The fraction of sp³-hybridized carbons (Fsp3) is 0.150. The van der Waals surface area contributed by atoms with E-state index in [0.29, 0.717) is 28.1 Å². The molecule has 0 saturated heterocycles. The van der Waals surface area contributed by atoms with Crippen LogP contribution in [0.3, 0.4) is 0 Å². The van der Waals surface area contributed by atoms with Crippen LogP contribution in [0.2, 0.25) is 0 Å². The molecule has 0 spiro atoms. The summed E-state index contributed by atoms with van der Waals surface area (Å²) in [6, 6.07) is 11.9. The van der Waals surface area contributed by atoms with Crippen molar-refractivity contribution in [3.8, 4) is 11.5 Å². The molecule has 0 unspecified atom stereocenters. The molecule has 4 aromatic rings.